The Morgan fingerprint density at radius 2 is 2.28 bits per heavy atom. The molecule has 1 amide bonds. The van der Waals surface area contributed by atoms with Gasteiger partial charge in [-0.2, -0.15) is 0 Å². The van der Waals surface area contributed by atoms with E-state index in [1.165, 1.54) is 6.07 Å². The molecule has 7 heteroatoms. The topological polar surface area (TPSA) is 64.1 Å². The predicted octanol–water partition coefficient (Wildman–Crippen LogP) is 2.08. The molecular formula is C11H13Cl2N3O2. The zero-order valence-electron chi connectivity index (χ0n) is 9.82. The molecular weight excluding hydrogens is 277 g/mol. The summed E-state index contributed by atoms with van der Waals surface area (Å²) in [6.07, 6.45) is 1.73. The van der Waals surface area contributed by atoms with Crippen LogP contribution in [0.25, 0.3) is 0 Å². The number of aromatic nitrogens is 2. The molecule has 2 heterocycles. The SMILES string of the molecule is CC1CC(NC(=O)c2cc(Cl)nnc2Cl)CCO1. The number of amides is 1. The van der Waals surface area contributed by atoms with Gasteiger partial charge in [-0.1, -0.05) is 23.2 Å². The van der Waals surface area contributed by atoms with Crippen molar-refractivity contribution in [1.82, 2.24) is 15.5 Å². The Morgan fingerprint density at radius 3 is 3.00 bits per heavy atom. The highest BCUT2D eigenvalue weighted by Gasteiger charge is 2.22. The molecule has 0 radical (unpaired) electrons. The van der Waals surface area contributed by atoms with E-state index in [4.69, 9.17) is 27.9 Å². The van der Waals surface area contributed by atoms with Crippen LogP contribution in [0.4, 0.5) is 0 Å². The standard InChI is InChI=1S/C11H13Cl2N3O2/c1-6-4-7(2-3-18-6)14-11(17)8-5-9(12)15-16-10(8)13/h5-7H,2-4H2,1H3,(H,14,17). The maximum absolute atomic E-state index is 12.0. The molecule has 1 aliphatic heterocycles. The molecule has 1 N–H and O–H groups in total. The lowest BCUT2D eigenvalue weighted by molar-refractivity contribution is 0.0136. The van der Waals surface area contributed by atoms with Crippen molar-refractivity contribution in [1.29, 1.82) is 0 Å². The average Bonchev–Trinajstić information content (AvgIpc) is 2.32. The van der Waals surface area contributed by atoms with E-state index >= 15 is 0 Å². The first kappa shape index (κ1) is 13.5. The van der Waals surface area contributed by atoms with Crippen LogP contribution >= 0.6 is 23.2 Å². The lowest BCUT2D eigenvalue weighted by Gasteiger charge is -2.27. The number of carbonyl (C=O) groups is 1. The minimum Gasteiger partial charge on any atom is -0.378 e. The molecule has 1 aliphatic rings. The van der Waals surface area contributed by atoms with Crippen LogP contribution < -0.4 is 5.32 Å². The molecule has 0 saturated carbocycles. The van der Waals surface area contributed by atoms with Gasteiger partial charge in [-0.05, 0) is 25.8 Å². The first-order chi connectivity index (χ1) is 8.56. The van der Waals surface area contributed by atoms with Gasteiger partial charge in [-0.15, -0.1) is 10.2 Å². The lowest BCUT2D eigenvalue weighted by atomic mass is 10.0. The summed E-state index contributed by atoms with van der Waals surface area (Å²) in [7, 11) is 0. The van der Waals surface area contributed by atoms with E-state index in [2.05, 4.69) is 15.5 Å². The van der Waals surface area contributed by atoms with Crippen LogP contribution in [0, 0.1) is 0 Å². The first-order valence-corrected chi connectivity index (χ1v) is 6.43. The van der Waals surface area contributed by atoms with E-state index in [9.17, 15) is 4.79 Å². The van der Waals surface area contributed by atoms with Crippen molar-refractivity contribution < 1.29 is 9.53 Å². The maximum Gasteiger partial charge on any atom is 0.254 e. The van der Waals surface area contributed by atoms with Gasteiger partial charge in [0.15, 0.2) is 10.3 Å². The third-order valence-corrected chi connectivity index (χ3v) is 3.25. The van der Waals surface area contributed by atoms with Gasteiger partial charge in [-0.25, -0.2) is 0 Å². The fraction of sp³-hybridized carbons (Fsp3) is 0.545. The minimum absolute atomic E-state index is 0.0528. The molecule has 0 bridgehead atoms. The largest absolute Gasteiger partial charge is 0.378 e. The summed E-state index contributed by atoms with van der Waals surface area (Å²) in [4.78, 5) is 12.0. The van der Waals surface area contributed by atoms with E-state index < -0.39 is 0 Å². The van der Waals surface area contributed by atoms with Crippen LogP contribution in [0.1, 0.15) is 30.1 Å². The normalized spacial score (nSPS) is 23.7. The van der Waals surface area contributed by atoms with Crippen LogP contribution in [0.3, 0.4) is 0 Å². The van der Waals surface area contributed by atoms with Gasteiger partial charge in [0.2, 0.25) is 0 Å². The summed E-state index contributed by atoms with van der Waals surface area (Å²) in [6, 6.07) is 1.50. The Hall–Kier alpha value is -0.910. The molecule has 98 valence electrons. The summed E-state index contributed by atoms with van der Waals surface area (Å²) in [5.74, 6) is -0.282. The Kier molecular flexibility index (Phi) is 4.37. The fourth-order valence-corrected chi connectivity index (χ4v) is 2.23. The summed E-state index contributed by atoms with van der Waals surface area (Å²) < 4.78 is 5.42. The number of nitrogens with zero attached hydrogens (tertiary/aromatic N) is 2. The third kappa shape index (κ3) is 3.31. The first-order valence-electron chi connectivity index (χ1n) is 5.67. The molecule has 2 rings (SSSR count). The molecule has 0 spiro atoms. The van der Waals surface area contributed by atoms with Gasteiger partial charge >= 0.3 is 0 Å². The van der Waals surface area contributed by atoms with Crippen molar-refractivity contribution in [2.75, 3.05) is 6.61 Å². The lowest BCUT2D eigenvalue weighted by Crippen LogP contribution is -2.41. The molecule has 18 heavy (non-hydrogen) atoms. The highest BCUT2D eigenvalue weighted by atomic mass is 35.5. The van der Waals surface area contributed by atoms with Crippen LogP contribution in [-0.4, -0.2) is 34.9 Å². The van der Waals surface area contributed by atoms with Crippen molar-refractivity contribution in [3.8, 4) is 0 Å². The van der Waals surface area contributed by atoms with Crippen LogP contribution in [-0.2, 0) is 4.74 Å². The van der Waals surface area contributed by atoms with Crippen molar-refractivity contribution in [3.05, 3.63) is 21.9 Å². The van der Waals surface area contributed by atoms with E-state index in [1.54, 1.807) is 0 Å². The number of halogens is 2. The Balaban J connectivity index is 2.05. The molecule has 2 atom stereocenters. The summed E-state index contributed by atoms with van der Waals surface area (Å²) in [5, 5.41) is 10.3. The molecule has 5 nitrogen and oxygen atoms in total. The van der Waals surface area contributed by atoms with Crippen molar-refractivity contribution in [3.63, 3.8) is 0 Å². The van der Waals surface area contributed by atoms with Gasteiger partial charge in [-0.3, -0.25) is 4.79 Å². The molecule has 2 unspecified atom stereocenters. The summed E-state index contributed by atoms with van der Waals surface area (Å²) >= 11 is 11.5. The van der Waals surface area contributed by atoms with Gasteiger partial charge < -0.3 is 10.1 Å². The summed E-state index contributed by atoms with van der Waals surface area (Å²) in [5.41, 5.74) is 0.246. The van der Waals surface area contributed by atoms with Crippen molar-refractivity contribution >= 4 is 29.1 Å². The number of hydrogen-bond acceptors (Lipinski definition) is 4. The highest BCUT2D eigenvalue weighted by Crippen LogP contribution is 2.17. The number of rotatable bonds is 2. The average molecular weight is 290 g/mol. The Labute approximate surface area is 115 Å². The molecule has 0 aliphatic carbocycles. The number of carbonyl (C=O) groups excluding carboxylic acids is 1. The number of hydrogen-bond donors (Lipinski definition) is 1. The molecule has 1 aromatic rings. The van der Waals surface area contributed by atoms with Crippen LogP contribution in [0.5, 0.6) is 0 Å². The molecule has 0 aromatic carbocycles. The smallest absolute Gasteiger partial charge is 0.254 e. The highest BCUT2D eigenvalue weighted by molar-refractivity contribution is 6.34. The fourth-order valence-electron chi connectivity index (χ4n) is 1.90. The Morgan fingerprint density at radius 1 is 1.50 bits per heavy atom. The zero-order chi connectivity index (χ0) is 13.1. The number of nitrogens with one attached hydrogen (secondary N) is 1. The van der Waals surface area contributed by atoms with Crippen LogP contribution in [0.15, 0.2) is 6.07 Å². The summed E-state index contributed by atoms with van der Waals surface area (Å²) in [6.45, 7) is 2.63. The zero-order valence-corrected chi connectivity index (χ0v) is 11.3. The molecule has 1 saturated heterocycles. The van der Waals surface area contributed by atoms with Gasteiger partial charge in [0.25, 0.3) is 5.91 Å². The van der Waals surface area contributed by atoms with Crippen molar-refractivity contribution in [2.24, 2.45) is 0 Å². The second kappa shape index (κ2) is 5.82. The van der Waals surface area contributed by atoms with Crippen molar-refractivity contribution in [2.45, 2.75) is 31.9 Å². The molecule has 1 fully saturated rings. The monoisotopic (exact) mass is 289 g/mol. The van der Waals surface area contributed by atoms with Crippen LogP contribution in [0.2, 0.25) is 10.3 Å². The maximum atomic E-state index is 12.0. The second-order valence-corrected chi connectivity index (χ2v) is 4.99. The second-order valence-electron chi connectivity index (χ2n) is 4.25. The van der Waals surface area contributed by atoms with E-state index in [-0.39, 0.29) is 33.9 Å². The minimum atomic E-state index is -0.282. The Bertz CT molecular complexity index is 456. The van der Waals surface area contributed by atoms with E-state index in [1.807, 2.05) is 6.92 Å². The predicted molar refractivity (Wildman–Crippen MR) is 68.0 cm³/mol. The van der Waals surface area contributed by atoms with E-state index in [0.717, 1.165) is 12.8 Å². The van der Waals surface area contributed by atoms with E-state index in [0.29, 0.717) is 6.61 Å². The van der Waals surface area contributed by atoms with Gasteiger partial charge in [0.1, 0.15) is 0 Å². The number of ether oxygens (including phenoxy) is 1. The van der Waals surface area contributed by atoms with Gasteiger partial charge in [0.05, 0.1) is 11.7 Å². The van der Waals surface area contributed by atoms with Gasteiger partial charge in [0, 0.05) is 12.6 Å². The third-order valence-electron chi connectivity index (χ3n) is 2.78. The molecule has 1 aromatic heterocycles. The quantitative estimate of drug-likeness (QED) is 0.905.